The molecule has 0 saturated carbocycles. The smallest absolute Gasteiger partial charge is 0.231 e. The predicted molar refractivity (Wildman–Crippen MR) is 90.2 cm³/mol. The highest BCUT2D eigenvalue weighted by molar-refractivity contribution is 5.78. The number of carbonyl (C=O) groups is 1. The number of carbonyl (C=O) groups excluding carboxylic acids is 1. The van der Waals surface area contributed by atoms with Crippen LogP contribution in [0.2, 0.25) is 0 Å². The molecule has 0 spiro atoms. The summed E-state index contributed by atoms with van der Waals surface area (Å²) in [4.78, 5) is 16.4. The van der Waals surface area contributed by atoms with Gasteiger partial charge in [0.1, 0.15) is 5.82 Å². The fourth-order valence-corrected chi connectivity index (χ4v) is 2.48. The van der Waals surface area contributed by atoms with E-state index in [4.69, 9.17) is 4.52 Å². The van der Waals surface area contributed by atoms with E-state index in [-0.39, 0.29) is 18.1 Å². The standard InChI is InChI=1S/C19H18FN3O2/c1-13(21-17(24)11-15-8-5-9-16(20)10-15)19-22-18(25-23-19)12-14-6-3-2-4-7-14/h2-10,13H,11-12H2,1H3,(H,21,24)/t13-/m0/s1. The molecule has 0 radical (unpaired) electrons. The molecule has 3 rings (SSSR count). The molecule has 0 unspecified atom stereocenters. The van der Waals surface area contributed by atoms with E-state index in [0.717, 1.165) is 5.56 Å². The summed E-state index contributed by atoms with van der Waals surface area (Å²) in [6, 6.07) is 15.4. The van der Waals surface area contributed by atoms with Gasteiger partial charge in [-0.3, -0.25) is 4.79 Å². The van der Waals surface area contributed by atoms with Crippen LogP contribution in [0.15, 0.2) is 59.1 Å². The van der Waals surface area contributed by atoms with Gasteiger partial charge in [0, 0.05) is 0 Å². The van der Waals surface area contributed by atoms with Crippen molar-refractivity contribution in [2.75, 3.05) is 0 Å². The van der Waals surface area contributed by atoms with Gasteiger partial charge in [-0.15, -0.1) is 0 Å². The molecule has 6 heteroatoms. The van der Waals surface area contributed by atoms with Crippen molar-refractivity contribution in [3.63, 3.8) is 0 Å². The number of benzene rings is 2. The highest BCUT2D eigenvalue weighted by Gasteiger charge is 2.16. The summed E-state index contributed by atoms with van der Waals surface area (Å²) in [7, 11) is 0. The summed E-state index contributed by atoms with van der Waals surface area (Å²) in [5.41, 5.74) is 1.68. The number of aromatic nitrogens is 2. The molecular weight excluding hydrogens is 321 g/mol. The number of nitrogens with one attached hydrogen (secondary N) is 1. The van der Waals surface area contributed by atoms with E-state index in [1.54, 1.807) is 19.1 Å². The maximum Gasteiger partial charge on any atom is 0.231 e. The Kier molecular flexibility index (Phi) is 5.18. The first-order chi connectivity index (χ1) is 12.1. The van der Waals surface area contributed by atoms with E-state index in [1.165, 1.54) is 12.1 Å². The van der Waals surface area contributed by atoms with Gasteiger partial charge >= 0.3 is 0 Å². The molecule has 1 aromatic heterocycles. The van der Waals surface area contributed by atoms with Crippen LogP contribution in [0.5, 0.6) is 0 Å². The summed E-state index contributed by atoms with van der Waals surface area (Å²) < 4.78 is 18.4. The number of hydrogen-bond acceptors (Lipinski definition) is 4. The van der Waals surface area contributed by atoms with Gasteiger partial charge in [-0.2, -0.15) is 4.98 Å². The summed E-state index contributed by atoms with van der Waals surface area (Å²) in [5.74, 6) is 0.320. The first-order valence-electron chi connectivity index (χ1n) is 8.00. The first kappa shape index (κ1) is 16.8. The molecule has 2 aromatic carbocycles. The largest absolute Gasteiger partial charge is 0.346 e. The molecule has 1 N–H and O–H groups in total. The number of rotatable bonds is 6. The minimum atomic E-state index is -0.394. The minimum Gasteiger partial charge on any atom is -0.346 e. The lowest BCUT2D eigenvalue weighted by molar-refractivity contribution is -0.121. The Morgan fingerprint density at radius 3 is 2.68 bits per heavy atom. The molecule has 0 fully saturated rings. The van der Waals surface area contributed by atoms with Gasteiger partial charge in [0.2, 0.25) is 11.8 Å². The van der Waals surface area contributed by atoms with Gasteiger partial charge in [0.15, 0.2) is 5.82 Å². The first-order valence-corrected chi connectivity index (χ1v) is 8.00. The Hall–Kier alpha value is -3.02. The van der Waals surface area contributed by atoms with Crippen molar-refractivity contribution in [3.05, 3.63) is 83.3 Å². The fourth-order valence-electron chi connectivity index (χ4n) is 2.48. The Balaban J connectivity index is 1.58. The van der Waals surface area contributed by atoms with Crippen molar-refractivity contribution < 1.29 is 13.7 Å². The van der Waals surface area contributed by atoms with Crippen LogP contribution in [0.3, 0.4) is 0 Å². The van der Waals surface area contributed by atoms with Crippen LogP contribution in [0, 0.1) is 5.82 Å². The summed E-state index contributed by atoms with van der Waals surface area (Å²) >= 11 is 0. The van der Waals surface area contributed by atoms with Crippen molar-refractivity contribution in [2.24, 2.45) is 0 Å². The van der Waals surface area contributed by atoms with Crippen LogP contribution >= 0.6 is 0 Å². The molecule has 25 heavy (non-hydrogen) atoms. The molecule has 3 aromatic rings. The monoisotopic (exact) mass is 339 g/mol. The fraction of sp³-hybridized carbons (Fsp3) is 0.211. The predicted octanol–water partition coefficient (Wildman–Crippen LogP) is 3.22. The quantitative estimate of drug-likeness (QED) is 0.749. The molecule has 1 atom stereocenters. The average Bonchev–Trinajstić information content (AvgIpc) is 3.04. The SMILES string of the molecule is C[C@H](NC(=O)Cc1cccc(F)c1)c1noc(Cc2ccccc2)n1. The van der Waals surface area contributed by atoms with E-state index >= 15 is 0 Å². The second kappa shape index (κ2) is 7.70. The third-order valence-electron chi connectivity index (χ3n) is 3.70. The normalized spacial score (nSPS) is 11.9. The third-order valence-corrected chi connectivity index (χ3v) is 3.70. The zero-order chi connectivity index (χ0) is 17.6. The second-order valence-electron chi connectivity index (χ2n) is 5.80. The van der Waals surface area contributed by atoms with E-state index in [0.29, 0.717) is 23.7 Å². The number of nitrogens with zero attached hydrogens (tertiary/aromatic N) is 2. The van der Waals surface area contributed by atoms with Gasteiger partial charge in [0.05, 0.1) is 18.9 Å². The van der Waals surface area contributed by atoms with Crippen molar-refractivity contribution >= 4 is 5.91 Å². The third kappa shape index (κ3) is 4.73. The van der Waals surface area contributed by atoms with Crippen LogP contribution in [-0.2, 0) is 17.6 Å². The summed E-state index contributed by atoms with van der Waals surface area (Å²) in [6.45, 7) is 1.78. The Morgan fingerprint density at radius 1 is 1.16 bits per heavy atom. The lowest BCUT2D eigenvalue weighted by atomic mass is 10.1. The second-order valence-corrected chi connectivity index (χ2v) is 5.80. The summed E-state index contributed by atoms with van der Waals surface area (Å²) in [5, 5.41) is 6.72. The van der Waals surface area contributed by atoms with Crippen LogP contribution in [0.1, 0.15) is 35.8 Å². The van der Waals surface area contributed by atoms with Crippen molar-refractivity contribution in [1.29, 1.82) is 0 Å². The van der Waals surface area contributed by atoms with Crippen molar-refractivity contribution in [1.82, 2.24) is 15.5 Å². The van der Waals surface area contributed by atoms with Gasteiger partial charge in [-0.1, -0.05) is 47.6 Å². The van der Waals surface area contributed by atoms with Crippen molar-refractivity contribution in [3.8, 4) is 0 Å². The average molecular weight is 339 g/mol. The van der Waals surface area contributed by atoms with Crippen LogP contribution in [0.25, 0.3) is 0 Å². The molecule has 0 aliphatic carbocycles. The van der Waals surface area contributed by atoms with Gasteiger partial charge in [-0.25, -0.2) is 4.39 Å². The number of amides is 1. The molecule has 0 saturated heterocycles. The minimum absolute atomic E-state index is 0.0941. The van der Waals surface area contributed by atoms with E-state index < -0.39 is 6.04 Å². The highest BCUT2D eigenvalue weighted by atomic mass is 19.1. The van der Waals surface area contributed by atoms with Gasteiger partial charge in [-0.05, 0) is 30.2 Å². The van der Waals surface area contributed by atoms with Gasteiger partial charge < -0.3 is 9.84 Å². The molecule has 5 nitrogen and oxygen atoms in total. The van der Waals surface area contributed by atoms with Gasteiger partial charge in [0.25, 0.3) is 0 Å². The Labute approximate surface area is 144 Å². The van der Waals surface area contributed by atoms with E-state index in [2.05, 4.69) is 15.5 Å². The lowest BCUT2D eigenvalue weighted by Gasteiger charge is -2.10. The maximum absolute atomic E-state index is 13.2. The highest BCUT2D eigenvalue weighted by Crippen LogP contribution is 2.12. The van der Waals surface area contributed by atoms with Crippen molar-refractivity contribution in [2.45, 2.75) is 25.8 Å². The summed E-state index contributed by atoms with van der Waals surface area (Å²) in [6.07, 6.45) is 0.634. The van der Waals surface area contributed by atoms with Crippen LogP contribution < -0.4 is 5.32 Å². The maximum atomic E-state index is 13.2. The topological polar surface area (TPSA) is 68.0 Å². The van der Waals surface area contributed by atoms with E-state index in [1.807, 2.05) is 30.3 Å². The van der Waals surface area contributed by atoms with Crippen LogP contribution in [0.4, 0.5) is 4.39 Å². The molecule has 1 heterocycles. The Bertz CT molecular complexity index is 849. The van der Waals surface area contributed by atoms with E-state index in [9.17, 15) is 9.18 Å². The van der Waals surface area contributed by atoms with Crippen LogP contribution in [-0.4, -0.2) is 16.0 Å². The molecule has 0 aliphatic rings. The molecule has 0 bridgehead atoms. The zero-order valence-electron chi connectivity index (χ0n) is 13.8. The molecule has 128 valence electrons. The molecular formula is C19H18FN3O2. The lowest BCUT2D eigenvalue weighted by Crippen LogP contribution is -2.28. The Morgan fingerprint density at radius 2 is 1.92 bits per heavy atom. The molecule has 0 aliphatic heterocycles. The zero-order valence-corrected chi connectivity index (χ0v) is 13.8. The number of halogens is 1. The molecule has 1 amide bonds. The number of hydrogen-bond donors (Lipinski definition) is 1.